The Morgan fingerprint density at radius 3 is 3.27 bits per heavy atom. The van der Waals surface area contributed by atoms with Gasteiger partial charge in [0.05, 0.1) is 0 Å². The van der Waals surface area contributed by atoms with E-state index in [9.17, 15) is 4.79 Å². The Morgan fingerprint density at radius 2 is 2.67 bits per heavy atom. The second-order valence-electron chi connectivity index (χ2n) is 3.96. The number of rotatable bonds is 3. The third kappa shape index (κ3) is 2.76. The quantitative estimate of drug-likeness (QED) is 0.828. The topological polar surface area (TPSA) is 45.2 Å². The molecule has 1 amide bonds. The van der Waals surface area contributed by atoms with E-state index < -0.39 is 0 Å². The van der Waals surface area contributed by atoms with Crippen LogP contribution in [0.5, 0.6) is 0 Å². The maximum Gasteiger partial charge on any atom is 0.280 e. The first-order valence-electron chi connectivity index (χ1n) is 5.12. The highest BCUT2D eigenvalue weighted by Gasteiger charge is 2.20. The van der Waals surface area contributed by atoms with Crippen molar-refractivity contribution >= 4 is 17.2 Å². The molecule has 1 unspecified atom stereocenters. The molecule has 1 fully saturated rings. The average Bonchev–Trinajstić information content (AvgIpc) is 2.84. The van der Waals surface area contributed by atoms with Gasteiger partial charge in [-0.2, -0.15) is 0 Å². The van der Waals surface area contributed by atoms with Crippen molar-refractivity contribution in [2.45, 2.75) is 6.42 Å². The van der Waals surface area contributed by atoms with Crippen molar-refractivity contribution < 1.29 is 4.79 Å². The molecule has 1 aliphatic rings. The van der Waals surface area contributed by atoms with Crippen LogP contribution >= 0.6 is 11.3 Å². The molecule has 15 heavy (non-hydrogen) atoms. The molecule has 0 spiro atoms. The summed E-state index contributed by atoms with van der Waals surface area (Å²) in [5.41, 5.74) is 0. The molecule has 82 valence electrons. The molecule has 0 aliphatic carbocycles. The summed E-state index contributed by atoms with van der Waals surface area (Å²) in [6.45, 7) is 2.98. The van der Waals surface area contributed by atoms with Gasteiger partial charge < -0.3 is 10.2 Å². The Balaban J connectivity index is 1.76. The van der Waals surface area contributed by atoms with E-state index in [1.165, 1.54) is 17.8 Å². The van der Waals surface area contributed by atoms with Gasteiger partial charge in [0.25, 0.3) is 5.91 Å². The zero-order chi connectivity index (χ0) is 10.7. The van der Waals surface area contributed by atoms with Gasteiger partial charge in [-0.1, -0.05) is 0 Å². The lowest BCUT2D eigenvalue weighted by atomic mass is 10.1. The van der Waals surface area contributed by atoms with Gasteiger partial charge in [-0.25, -0.2) is 4.98 Å². The molecule has 1 aromatic heterocycles. The maximum atomic E-state index is 11.6. The first kappa shape index (κ1) is 10.6. The molecule has 0 aromatic carbocycles. The van der Waals surface area contributed by atoms with Gasteiger partial charge in [0.1, 0.15) is 0 Å². The number of aromatic nitrogens is 1. The van der Waals surface area contributed by atoms with Gasteiger partial charge in [0, 0.05) is 24.7 Å². The number of thiazole rings is 1. The van der Waals surface area contributed by atoms with Crippen LogP contribution in [0.1, 0.15) is 16.2 Å². The minimum Gasteiger partial charge on any atom is -0.350 e. The van der Waals surface area contributed by atoms with Crippen molar-refractivity contribution in [1.82, 2.24) is 15.2 Å². The molecule has 0 saturated carbocycles. The Kier molecular flexibility index (Phi) is 3.33. The lowest BCUT2D eigenvalue weighted by molar-refractivity contribution is 0.0947. The van der Waals surface area contributed by atoms with Crippen LogP contribution in [0.3, 0.4) is 0 Å². The first-order valence-corrected chi connectivity index (χ1v) is 6.00. The fourth-order valence-electron chi connectivity index (χ4n) is 1.84. The zero-order valence-corrected chi connectivity index (χ0v) is 9.59. The predicted octanol–water partition coefficient (Wildman–Crippen LogP) is 0.825. The minimum atomic E-state index is -0.0421. The number of nitrogens with one attached hydrogen (secondary N) is 1. The van der Waals surface area contributed by atoms with Crippen LogP contribution in [0.4, 0.5) is 0 Å². The lowest BCUT2D eigenvalue weighted by Crippen LogP contribution is -2.30. The summed E-state index contributed by atoms with van der Waals surface area (Å²) in [5.74, 6) is 0.554. The molecular weight excluding hydrogens is 210 g/mol. The van der Waals surface area contributed by atoms with Crippen LogP contribution in [-0.4, -0.2) is 42.5 Å². The van der Waals surface area contributed by atoms with Crippen molar-refractivity contribution in [3.8, 4) is 0 Å². The molecule has 4 nitrogen and oxygen atoms in total. The van der Waals surface area contributed by atoms with E-state index in [0.29, 0.717) is 10.9 Å². The van der Waals surface area contributed by atoms with Crippen LogP contribution in [-0.2, 0) is 0 Å². The van der Waals surface area contributed by atoms with Gasteiger partial charge in [0.15, 0.2) is 5.01 Å². The second kappa shape index (κ2) is 4.72. The minimum absolute atomic E-state index is 0.0421. The molecule has 0 bridgehead atoms. The Morgan fingerprint density at radius 1 is 1.80 bits per heavy atom. The fraction of sp³-hybridized carbons (Fsp3) is 0.600. The number of hydrogen-bond acceptors (Lipinski definition) is 4. The Bertz CT molecular complexity index is 325. The molecule has 1 aromatic rings. The van der Waals surface area contributed by atoms with Gasteiger partial charge in [-0.05, 0) is 25.9 Å². The van der Waals surface area contributed by atoms with E-state index in [2.05, 4.69) is 22.2 Å². The highest BCUT2D eigenvalue weighted by Crippen LogP contribution is 2.13. The number of nitrogens with zero attached hydrogens (tertiary/aromatic N) is 2. The molecule has 1 saturated heterocycles. The average molecular weight is 225 g/mol. The normalized spacial score (nSPS) is 21.8. The summed E-state index contributed by atoms with van der Waals surface area (Å²) in [6.07, 6.45) is 2.83. The standard InChI is InChI=1S/C10H15N3OS/c1-13-4-2-8(7-13)6-12-9(14)10-11-3-5-15-10/h3,5,8H,2,4,6-7H2,1H3,(H,12,14). The summed E-state index contributed by atoms with van der Waals surface area (Å²) in [5, 5.41) is 5.30. The largest absolute Gasteiger partial charge is 0.350 e. The first-order chi connectivity index (χ1) is 7.25. The smallest absolute Gasteiger partial charge is 0.280 e. The molecular formula is C10H15N3OS. The number of carbonyl (C=O) groups excluding carboxylic acids is 1. The summed E-state index contributed by atoms with van der Waals surface area (Å²) in [4.78, 5) is 17.8. The van der Waals surface area contributed by atoms with Crippen molar-refractivity contribution in [2.24, 2.45) is 5.92 Å². The van der Waals surface area contributed by atoms with E-state index in [4.69, 9.17) is 0 Å². The zero-order valence-electron chi connectivity index (χ0n) is 8.77. The Hall–Kier alpha value is -0.940. The van der Waals surface area contributed by atoms with E-state index >= 15 is 0 Å². The van der Waals surface area contributed by atoms with Crippen LogP contribution < -0.4 is 5.32 Å². The van der Waals surface area contributed by atoms with E-state index in [1.807, 2.05) is 5.38 Å². The summed E-state index contributed by atoms with van der Waals surface area (Å²) < 4.78 is 0. The fourth-order valence-corrected chi connectivity index (χ4v) is 2.39. The summed E-state index contributed by atoms with van der Waals surface area (Å²) in [7, 11) is 2.11. The number of hydrogen-bond donors (Lipinski definition) is 1. The monoisotopic (exact) mass is 225 g/mol. The second-order valence-corrected chi connectivity index (χ2v) is 4.86. The van der Waals surface area contributed by atoms with Crippen LogP contribution in [0.25, 0.3) is 0 Å². The third-order valence-electron chi connectivity index (χ3n) is 2.67. The predicted molar refractivity (Wildman–Crippen MR) is 60.1 cm³/mol. The van der Waals surface area contributed by atoms with Crippen molar-refractivity contribution in [3.63, 3.8) is 0 Å². The van der Waals surface area contributed by atoms with Gasteiger partial charge >= 0.3 is 0 Å². The molecule has 1 atom stereocenters. The van der Waals surface area contributed by atoms with Gasteiger partial charge in [-0.15, -0.1) is 11.3 Å². The molecule has 0 radical (unpaired) electrons. The number of likely N-dealkylation sites (tertiary alicyclic amines) is 1. The van der Waals surface area contributed by atoms with Crippen molar-refractivity contribution in [1.29, 1.82) is 0 Å². The molecule has 2 heterocycles. The molecule has 2 rings (SSSR count). The lowest BCUT2D eigenvalue weighted by Gasteiger charge is -2.10. The summed E-state index contributed by atoms with van der Waals surface area (Å²) in [6, 6.07) is 0. The highest BCUT2D eigenvalue weighted by molar-refractivity contribution is 7.11. The van der Waals surface area contributed by atoms with E-state index in [1.54, 1.807) is 6.20 Å². The molecule has 1 N–H and O–H groups in total. The maximum absolute atomic E-state index is 11.6. The van der Waals surface area contributed by atoms with Crippen LogP contribution in [0.15, 0.2) is 11.6 Å². The van der Waals surface area contributed by atoms with E-state index in [0.717, 1.165) is 19.6 Å². The van der Waals surface area contributed by atoms with Gasteiger partial charge in [0.2, 0.25) is 0 Å². The number of carbonyl (C=O) groups is 1. The van der Waals surface area contributed by atoms with E-state index in [-0.39, 0.29) is 5.91 Å². The molecule has 5 heteroatoms. The SMILES string of the molecule is CN1CCC(CNC(=O)c2nccs2)C1. The third-order valence-corrected chi connectivity index (χ3v) is 3.44. The van der Waals surface area contributed by atoms with Crippen LogP contribution in [0.2, 0.25) is 0 Å². The highest BCUT2D eigenvalue weighted by atomic mass is 32.1. The van der Waals surface area contributed by atoms with Crippen molar-refractivity contribution in [3.05, 3.63) is 16.6 Å². The number of amides is 1. The van der Waals surface area contributed by atoms with Gasteiger partial charge in [-0.3, -0.25) is 4.79 Å². The summed E-state index contributed by atoms with van der Waals surface area (Å²) >= 11 is 1.38. The van der Waals surface area contributed by atoms with Crippen molar-refractivity contribution in [2.75, 3.05) is 26.7 Å². The molecule has 1 aliphatic heterocycles. The Labute approximate surface area is 93.3 Å². The van der Waals surface area contributed by atoms with Crippen LogP contribution in [0, 0.1) is 5.92 Å².